The molecule has 172 valence electrons. The number of halogens is 1. The molecular weight excluding hydrogens is 429 g/mol. The van der Waals surface area contributed by atoms with Gasteiger partial charge in [-0.2, -0.15) is 5.10 Å². The van der Waals surface area contributed by atoms with Crippen LogP contribution in [0, 0.1) is 17.7 Å². The van der Waals surface area contributed by atoms with Crippen LogP contribution in [0.3, 0.4) is 0 Å². The smallest absolute Gasteiger partial charge is 0.323 e. The Bertz CT molecular complexity index is 1170. The molecule has 2 aliphatic heterocycles. The second-order valence-corrected chi connectivity index (χ2v) is 8.45. The van der Waals surface area contributed by atoms with Crippen LogP contribution < -0.4 is 16.0 Å². The summed E-state index contributed by atoms with van der Waals surface area (Å²) in [6.45, 7) is 4.56. The van der Waals surface area contributed by atoms with Gasteiger partial charge in [-0.1, -0.05) is 12.1 Å². The van der Waals surface area contributed by atoms with E-state index in [1.165, 1.54) is 12.1 Å². The van der Waals surface area contributed by atoms with Crippen molar-refractivity contribution < 1.29 is 18.7 Å². The predicted molar refractivity (Wildman–Crippen MR) is 119 cm³/mol. The van der Waals surface area contributed by atoms with Gasteiger partial charge >= 0.3 is 12.1 Å². The first-order valence-corrected chi connectivity index (χ1v) is 10.8. The number of H-pyrrole nitrogens is 1. The average molecular weight is 453 g/mol. The Morgan fingerprint density at radius 2 is 1.91 bits per heavy atom. The number of carbonyl (C=O) groups is 2. The number of anilines is 2. The van der Waals surface area contributed by atoms with Gasteiger partial charge in [-0.3, -0.25) is 15.7 Å². The lowest BCUT2D eigenvalue weighted by Crippen LogP contribution is -2.34. The summed E-state index contributed by atoms with van der Waals surface area (Å²) in [7, 11) is 0. The molecule has 2 fully saturated rings. The third-order valence-corrected chi connectivity index (χ3v) is 6.16. The molecule has 0 radical (unpaired) electrons. The number of nitrogens with zero attached hydrogens (tertiary/aromatic N) is 3. The van der Waals surface area contributed by atoms with Crippen LogP contribution in [0.1, 0.15) is 18.5 Å². The number of fused-ring (bicyclic) bond motifs is 2. The normalized spacial score (nSPS) is 20.5. The summed E-state index contributed by atoms with van der Waals surface area (Å²) in [5, 5.41) is 16.0. The molecule has 11 heteroatoms. The number of nitrogens with one attached hydrogen (secondary N) is 4. The van der Waals surface area contributed by atoms with Gasteiger partial charge in [-0.05, 0) is 24.6 Å². The van der Waals surface area contributed by atoms with Gasteiger partial charge in [0.15, 0.2) is 5.82 Å². The molecule has 1 aromatic carbocycles. The summed E-state index contributed by atoms with van der Waals surface area (Å²) in [5.41, 5.74) is 1.40. The highest BCUT2D eigenvalue weighted by Crippen LogP contribution is 2.30. The maximum atomic E-state index is 13.1. The van der Waals surface area contributed by atoms with E-state index in [4.69, 9.17) is 4.74 Å². The molecule has 0 aliphatic carbocycles. The predicted octanol–water partition coefficient (Wildman–Crippen LogP) is 3.09. The quantitative estimate of drug-likeness (QED) is 0.483. The zero-order chi connectivity index (χ0) is 22.9. The molecule has 2 aliphatic rings. The highest BCUT2D eigenvalue weighted by Gasteiger charge is 2.39. The van der Waals surface area contributed by atoms with E-state index in [-0.39, 0.29) is 17.9 Å². The van der Waals surface area contributed by atoms with E-state index in [9.17, 15) is 14.0 Å². The molecule has 3 aromatic rings. The Balaban J connectivity index is 1.20. The minimum Gasteiger partial charge on any atom is -0.381 e. The van der Waals surface area contributed by atoms with E-state index in [0.29, 0.717) is 60.7 Å². The molecule has 4 heterocycles. The first-order valence-electron chi connectivity index (χ1n) is 10.8. The highest BCUT2D eigenvalue weighted by molar-refractivity contribution is 6.00. The first kappa shape index (κ1) is 21.1. The van der Waals surface area contributed by atoms with Gasteiger partial charge in [0.05, 0.1) is 30.2 Å². The maximum Gasteiger partial charge on any atom is 0.323 e. The van der Waals surface area contributed by atoms with E-state index in [2.05, 4.69) is 31.1 Å². The molecule has 3 atom stereocenters. The van der Waals surface area contributed by atoms with Gasteiger partial charge in [0.25, 0.3) is 0 Å². The molecule has 0 saturated carbocycles. The van der Waals surface area contributed by atoms with Crippen molar-refractivity contribution in [3.05, 3.63) is 47.9 Å². The van der Waals surface area contributed by atoms with Crippen LogP contribution in [-0.2, 0) is 4.74 Å². The number of likely N-dealkylation sites (tertiary alicyclic amines) is 1. The molecule has 1 unspecified atom stereocenters. The maximum absolute atomic E-state index is 13.1. The Kier molecular flexibility index (Phi) is 5.55. The fraction of sp³-hybridized carbons (Fsp3) is 0.364. The number of hydrogen-bond acceptors (Lipinski definition) is 5. The number of amides is 4. The number of aromatic amines is 1. The van der Waals surface area contributed by atoms with Crippen molar-refractivity contribution in [1.82, 2.24) is 25.4 Å². The molecule has 0 bridgehead atoms. The number of aromatic nitrogens is 3. The van der Waals surface area contributed by atoms with Crippen molar-refractivity contribution in [2.45, 2.75) is 13.0 Å². The number of benzene rings is 1. The zero-order valence-electron chi connectivity index (χ0n) is 18.0. The van der Waals surface area contributed by atoms with Crippen LogP contribution in [0.4, 0.5) is 25.6 Å². The van der Waals surface area contributed by atoms with E-state index in [0.717, 1.165) is 5.56 Å². The number of pyridine rings is 1. The third kappa shape index (κ3) is 4.44. The number of ether oxygens (including phenoxy) is 1. The van der Waals surface area contributed by atoms with E-state index in [1.807, 2.05) is 0 Å². The zero-order valence-corrected chi connectivity index (χ0v) is 18.0. The first-order chi connectivity index (χ1) is 16.0. The monoisotopic (exact) mass is 453 g/mol. The third-order valence-electron chi connectivity index (χ3n) is 6.16. The summed E-state index contributed by atoms with van der Waals surface area (Å²) in [6, 6.07) is 6.60. The summed E-state index contributed by atoms with van der Waals surface area (Å²) in [6.07, 6.45) is 1.54. The van der Waals surface area contributed by atoms with Crippen molar-refractivity contribution in [3.63, 3.8) is 0 Å². The van der Waals surface area contributed by atoms with Crippen LogP contribution in [-0.4, -0.2) is 58.4 Å². The van der Waals surface area contributed by atoms with Crippen LogP contribution in [0.2, 0.25) is 0 Å². The van der Waals surface area contributed by atoms with Crippen LogP contribution >= 0.6 is 0 Å². The van der Waals surface area contributed by atoms with E-state index >= 15 is 0 Å². The average Bonchev–Trinajstić information content (AvgIpc) is 3.49. The lowest BCUT2D eigenvalue weighted by Gasteiger charge is -2.17. The Morgan fingerprint density at radius 1 is 1.18 bits per heavy atom. The Labute approximate surface area is 188 Å². The van der Waals surface area contributed by atoms with Gasteiger partial charge in [0, 0.05) is 37.2 Å². The summed E-state index contributed by atoms with van der Waals surface area (Å²) < 4.78 is 18.5. The largest absolute Gasteiger partial charge is 0.381 e. The second-order valence-electron chi connectivity index (χ2n) is 8.45. The van der Waals surface area contributed by atoms with Crippen LogP contribution in [0.15, 0.2) is 36.5 Å². The minimum absolute atomic E-state index is 0.200. The molecular formula is C22H24FN7O3. The topological polar surface area (TPSA) is 124 Å². The lowest BCUT2D eigenvalue weighted by atomic mass is 10.0. The summed E-state index contributed by atoms with van der Waals surface area (Å²) in [4.78, 5) is 31.0. The fourth-order valence-electron chi connectivity index (χ4n) is 4.29. The number of urea groups is 2. The van der Waals surface area contributed by atoms with Crippen molar-refractivity contribution >= 4 is 34.6 Å². The number of rotatable bonds is 4. The molecule has 4 N–H and O–H groups in total. The van der Waals surface area contributed by atoms with Gasteiger partial charge < -0.3 is 15.0 Å². The second kappa shape index (κ2) is 8.66. The molecule has 4 amide bonds. The molecule has 2 aromatic heterocycles. The van der Waals surface area contributed by atoms with Crippen molar-refractivity contribution in [1.29, 1.82) is 0 Å². The molecule has 33 heavy (non-hydrogen) atoms. The van der Waals surface area contributed by atoms with Crippen molar-refractivity contribution in [2.75, 3.05) is 36.9 Å². The van der Waals surface area contributed by atoms with Gasteiger partial charge in [0.1, 0.15) is 11.6 Å². The Morgan fingerprint density at radius 3 is 2.64 bits per heavy atom. The molecule has 5 rings (SSSR count). The van der Waals surface area contributed by atoms with Crippen molar-refractivity contribution in [2.24, 2.45) is 11.8 Å². The van der Waals surface area contributed by atoms with Crippen molar-refractivity contribution in [3.8, 4) is 0 Å². The number of hydrogen-bond donors (Lipinski definition) is 4. The summed E-state index contributed by atoms with van der Waals surface area (Å²) >= 11 is 0. The minimum atomic E-state index is -0.449. The fourth-order valence-corrected chi connectivity index (χ4v) is 4.29. The Hall–Kier alpha value is -3.73. The lowest BCUT2D eigenvalue weighted by molar-refractivity contribution is 0.158. The molecule has 0 spiro atoms. The number of carbonyl (C=O) groups excluding carboxylic acids is 2. The highest BCUT2D eigenvalue weighted by atomic mass is 19.1. The van der Waals surface area contributed by atoms with Crippen LogP contribution in [0.25, 0.3) is 10.9 Å². The van der Waals surface area contributed by atoms with E-state index < -0.39 is 6.03 Å². The van der Waals surface area contributed by atoms with Crippen LogP contribution in [0.5, 0.6) is 0 Å². The van der Waals surface area contributed by atoms with Gasteiger partial charge in [-0.15, -0.1) is 0 Å². The molecule has 2 saturated heterocycles. The standard InChI is InChI=1S/C22H24FN7O3/c1-12(13-2-4-16(23)5-3-13)25-21(31)26-19-6-18-17(7-24-19)20(29-28-18)27-22(32)30-8-14-10-33-11-15(14)9-30/h2-7,12,14-15H,8-11H2,1H3,(H2,24,25,26,31)(H2,27,28,29,32)/t12-,14-,15?/m1/s1. The summed E-state index contributed by atoms with van der Waals surface area (Å²) in [5.74, 6) is 1.18. The van der Waals surface area contributed by atoms with E-state index in [1.54, 1.807) is 36.2 Å². The SMILES string of the molecule is C[C@@H](NC(=O)Nc1cc2[nH]nc(NC(=O)N3CC4COC[C@H]4C3)c2cn1)c1ccc(F)cc1. The van der Waals surface area contributed by atoms with Gasteiger partial charge in [-0.25, -0.2) is 19.0 Å². The van der Waals surface area contributed by atoms with Gasteiger partial charge in [0.2, 0.25) is 0 Å². The molecule has 10 nitrogen and oxygen atoms in total.